The van der Waals surface area contributed by atoms with E-state index in [-0.39, 0.29) is 24.2 Å². The van der Waals surface area contributed by atoms with Gasteiger partial charge in [-0.3, -0.25) is 9.59 Å². The summed E-state index contributed by atoms with van der Waals surface area (Å²) in [5.41, 5.74) is 4.03. The lowest BCUT2D eigenvalue weighted by Gasteiger charge is -2.33. The number of halogens is 2. The number of nitrogens with one attached hydrogen (secondary N) is 1. The maximum atomic E-state index is 13.3. The van der Waals surface area contributed by atoms with Gasteiger partial charge in [0.15, 0.2) is 0 Å². The summed E-state index contributed by atoms with van der Waals surface area (Å²) in [6.07, 6.45) is 1.18. The first-order chi connectivity index (χ1) is 13.9. The fourth-order valence-corrected chi connectivity index (χ4v) is 4.31. The van der Waals surface area contributed by atoms with Gasteiger partial charge >= 0.3 is 11.8 Å². The Morgan fingerprint density at radius 3 is 2.83 bits per heavy atom. The molecule has 5 nitrogen and oxygen atoms in total. The molecule has 1 N–H and O–H groups in total. The Balaban J connectivity index is 1.43. The second-order valence-electron chi connectivity index (χ2n) is 7.54. The number of hydrogen-bond acceptors (Lipinski definition) is 3. The summed E-state index contributed by atoms with van der Waals surface area (Å²) in [7, 11) is 0. The Kier molecular flexibility index (Phi) is 5.56. The number of benzene rings is 2. The maximum absolute atomic E-state index is 13.3. The molecule has 1 aliphatic heterocycles. The van der Waals surface area contributed by atoms with Crippen LogP contribution in [0.15, 0.2) is 36.4 Å². The number of hydrogen-bond donors (Lipinski definition) is 1. The molecule has 2 unspecified atom stereocenters. The zero-order valence-corrected chi connectivity index (χ0v) is 16.8. The Morgan fingerprint density at radius 2 is 2.03 bits per heavy atom. The van der Waals surface area contributed by atoms with Crippen molar-refractivity contribution in [2.45, 2.75) is 31.9 Å². The van der Waals surface area contributed by atoms with Gasteiger partial charge in [-0.2, -0.15) is 0 Å². The number of ether oxygens (including phenoxy) is 1. The van der Waals surface area contributed by atoms with Gasteiger partial charge in [0.1, 0.15) is 11.9 Å². The lowest BCUT2D eigenvalue weighted by molar-refractivity contribution is -0.151. The van der Waals surface area contributed by atoms with E-state index in [4.69, 9.17) is 16.3 Å². The number of carbonyl (C=O) groups excluding carboxylic acids is 2. The highest BCUT2D eigenvalue weighted by Gasteiger charge is 2.32. The molecule has 2 aromatic rings. The molecule has 2 atom stereocenters. The Bertz CT molecular complexity index is 965. The van der Waals surface area contributed by atoms with Crippen LogP contribution in [-0.4, -0.2) is 36.4 Å². The van der Waals surface area contributed by atoms with Crippen LogP contribution in [0.5, 0.6) is 0 Å². The van der Waals surface area contributed by atoms with Crippen LogP contribution in [0.2, 0.25) is 5.02 Å². The highest BCUT2D eigenvalue weighted by molar-refractivity contribution is 6.35. The second kappa shape index (κ2) is 8.13. The average molecular weight is 417 g/mol. The lowest BCUT2D eigenvalue weighted by Crippen LogP contribution is -2.49. The normalized spacial score (nSPS) is 21.0. The van der Waals surface area contributed by atoms with Gasteiger partial charge in [0.05, 0.1) is 19.2 Å². The molecule has 1 saturated heterocycles. The SMILES string of the molecule is Cc1ccc2c(c1)C(NC(=O)C(=O)N1CCOC(c3ccc(F)cc3Cl)C1)CC2. The highest BCUT2D eigenvalue weighted by atomic mass is 35.5. The van der Waals surface area contributed by atoms with Gasteiger partial charge in [-0.05, 0) is 43.0 Å². The van der Waals surface area contributed by atoms with Crippen molar-refractivity contribution in [2.24, 2.45) is 0 Å². The number of nitrogens with zero attached hydrogens (tertiary/aromatic N) is 1. The van der Waals surface area contributed by atoms with Gasteiger partial charge in [0.2, 0.25) is 0 Å². The van der Waals surface area contributed by atoms with Gasteiger partial charge < -0.3 is 15.0 Å². The number of rotatable bonds is 2. The van der Waals surface area contributed by atoms with Crippen molar-refractivity contribution in [2.75, 3.05) is 19.7 Å². The first kappa shape index (κ1) is 19.9. The minimum absolute atomic E-state index is 0.148. The quantitative estimate of drug-likeness (QED) is 0.762. The molecule has 7 heteroatoms. The molecule has 0 aromatic heterocycles. The Hall–Kier alpha value is -2.44. The predicted octanol–water partition coefficient (Wildman–Crippen LogP) is 3.49. The van der Waals surface area contributed by atoms with Crippen LogP contribution >= 0.6 is 11.6 Å². The largest absolute Gasteiger partial charge is 0.370 e. The summed E-state index contributed by atoms with van der Waals surface area (Å²) >= 11 is 6.12. The van der Waals surface area contributed by atoms with Gasteiger partial charge in [-0.15, -0.1) is 0 Å². The van der Waals surface area contributed by atoms with Crippen molar-refractivity contribution in [3.05, 3.63) is 69.5 Å². The summed E-state index contributed by atoms with van der Waals surface area (Å²) in [6, 6.07) is 10.1. The predicted molar refractivity (Wildman–Crippen MR) is 107 cm³/mol. The Morgan fingerprint density at radius 1 is 1.21 bits per heavy atom. The summed E-state index contributed by atoms with van der Waals surface area (Å²) in [5, 5.41) is 3.13. The molecule has 29 heavy (non-hydrogen) atoms. The molecule has 0 bridgehead atoms. The summed E-state index contributed by atoms with van der Waals surface area (Å²) < 4.78 is 19.0. The number of amides is 2. The standard InChI is InChI=1S/C22H22ClFN2O3/c1-13-2-3-14-4-7-19(17(14)10-13)25-21(27)22(28)26-8-9-29-20(12-26)16-6-5-15(24)11-18(16)23/h2-3,5-6,10-11,19-20H,4,7-9,12H2,1H3,(H,25,27). The van der Waals surface area contributed by atoms with E-state index in [9.17, 15) is 14.0 Å². The smallest absolute Gasteiger partial charge is 0.312 e. The molecular formula is C22H22ClFN2O3. The number of aryl methyl sites for hydroxylation is 2. The molecule has 4 rings (SSSR count). The summed E-state index contributed by atoms with van der Waals surface area (Å²) in [5.74, 6) is -1.64. The Labute approximate surface area is 173 Å². The van der Waals surface area contributed by atoms with Crippen molar-refractivity contribution in [3.8, 4) is 0 Å². The minimum Gasteiger partial charge on any atom is -0.370 e. The molecule has 152 valence electrons. The van der Waals surface area contributed by atoms with E-state index in [1.54, 1.807) is 6.07 Å². The van der Waals surface area contributed by atoms with Crippen LogP contribution in [0.1, 0.15) is 40.8 Å². The van der Waals surface area contributed by atoms with Crippen molar-refractivity contribution < 1.29 is 18.7 Å². The van der Waals surface area contributed by atoms with Crippen LogP contribution < -0.4 is 5.32 Å². The molecule has 2 aromatic carbocycles. The van der Waals surface area contributed by atoms with Crippen molar-refractivity contribution >= 4 is 23.4 Å². The molecule has 1 heterocycles. The second-order valence-corrected chi connectivity index (χ2v) is 7.95. The van der Waals surface area contributed by atoms with Gasteiger partial charge in [0.25, 0.3) is 0 Å². The van der Waals surface area contributed by atoms with E-state index in [2.05, 4.69) is 23.5 Å². The molecular weight excluding hydrogens is 395 g/mol. The molecule has 2 aliphatic rings. The van der Waals surface area contributed by atoms with Crippen molar-refractivity contribution in [1.29, 1.82) is 0 Å². The van der Waals surface area contributed by atoms with E-state index >= 15 is 0 Å². The third-order valence-corrected chi connectivity index (χ3v) is 5.87. The van der Waals surface area contributed by atoms with E-state index < -0.39 is 23.7 Å². The number of carbonyl (C=O) groups is 2. The van der Waals surface area contributed by atoms with Gasteiger partial charge in [-0.25, -0.2) is 4.39 Å². The summed E-state index contributed by atoms with van der Waals surface area (Å²) in [6.45, 7) is 2.81. The molecule has 1 aliphatic carbocycles. The maximum Gasteiger partial charge on any atom is 0.312 e. The zero-order valence-electron chi connectivity index (χ0n) is 16.1. The van der Waals surface area contributed by atoms with Crippen LogP contribution in [-0.2, 0) is 20.7 Å². The van der Waals surface area contributed by atoms with Gasteiger partial charge in [-0.1, -0.05) is 41.4 Å². The van der Waals surface area contributed by atoms with Crippen LogP contribution in [0.25, 0.3) is 0 Å². The minimum atomic E-state index is -0.616. The monoisotopic (exact) mass is 416 g/mol. The molecule has 0 saturated carbocycles. The van der Waals surface area contributed by atoms with Gasteiger partial charge in [0, 0.05) is 17.1 Å². The number of morpholine rings is 1. The molecule has 0 radical (unpaired) electrons. The van der Waals surface area contributed by atoms with Crippen LogP contribution in [0.4, 0.5) is 4.39 Å². The third-order valence-electron chi connectivity index (χ3n) is 5.54. The summed E-state index contributed by atoms with van der Waals surface area (Å²) in [4.78, 5) is 26.8. The van der Waals surface area contributed by atoms with E-state index in [1.165, 1.54) is 22.6 Å². The van der Waals surface area contributed by atoms with E-state index in [1.807, 2.05) is 6.92 Å². The zero-order chi connectivity index (χ0) is 20.5. The molecule has 2 amide bonds. The van der Waals surface area contributed by atoms with Crippen molar-refractivity contribution in [1.82, 2.24) is 10.2 Å². The fourth-order valence-electron chi connectivity index (χ4n) is 4.02. The number of fused-ring (bicyclic) bond motifs is 1. The first-order valence-corrected chi connectivity index (χ1v) is 10.1. The first-order valence-electron chi connectivity index (χ1n) is 9.68. The van der Waals surface area contributed by atoms with Crippen LogP contribution in [0, 0.1) is 12.7 Å². The molecule has 0 spiro atoms. The third kappa shape index (κ3) is 4.14. The van der Waals surface area contributed by atoms with Crippen molar-refractivity contribution in [3.63, 3.8) is 0 Å². The van der Waals surface area contributed by atoms with E-state index in [0.29, 0.717) is 12.1 Å². The lowest BCUT2D eigenvalue weighted by atomic mass is 10.0. The van der Waals surface area contributed by atoms with Crippen LogP contribution in [0.3, 0.4) is 0 Å². The average Bonchev–Trinajstić information content (AvgIpc) is 3.09. The van der Waals surface area contributed by atoms with E-state index in [0.717, 1.165) is 24.0 Å². The topological polar surface area (TPSA) is 58.6 Å². The highest BCUT2D eigenvalue weighted by Crippen LogP contribution is 2.32. The fraction of sp³-hybridized carbons (Fsp3) is 0.364. The molecule has 1 fully saturated rings.